The van der Waals surface area contributed by atoms with Gasteiger partial charge >= 0.3 is 5.97 Å². The molecule has 1 aliphatic rings. The highest BCUT2D eigenvalue weighted by Crippen LogP contribution is 2.30. The minimum atomic E-state index is -0.825. The number of rotatable bonds is 7. The van der Waals surface area contributed by atoms with Crippen LogP contribution in [0.3, 0.4) is 0 Å². The van der Waals surface area contributed by atoms with E-state index in [4.69, 9.17) is 4.74 Å². The molecule has 0 atom stereocenters. The monoisotopic (exact) mass is 487 g/mol. The van der Waals surface area contributed by atoms with Gasteiger partial charge in [-0.15, -0.1) is 0 Å². The van der Waals surface area contributed by atoms with Crippen molar-refractivity contribution in [1.82, 2.24) is 4.90 Å². The van der Waals surface area contributed by atoms with Gasteiger partial charge in [0, 0.05) is 23.9 Å². The fourth-order valence-corrected chi connectivity index (χ4v) is 3.80. The zero-order chi connectivity index (χ0) is 26.0. The lowest BCUT2D eigenvalue weighted by molar-refractivity contribution is -0.385. The van der Waals surface area contributed by atoms with Crippen LogP contribution in [0.1, 0.15) is 48.6 Å². The molecular weight excluding hydrogens is 466 g/mol. The molecule has 0 radical (unpaired) electrons. The molecule has 3 amide bonds. The fourth-order valence-electron chi connectivity index (χ4n) is 3.80. The molecule has 10 heteroatoms. The molecule has 3 aromatic carbocycles. The molecule has 0 aromatic heterocycles. The van der Waals surface area contributed by atoms with Crippen molar-refractivity contribution in [2.45, 2.75) is 20.3 Å². The van der Waals surface area contributed by atoms with Crippen LogP contribution in [-0.2, 0) is 4.79 Å². The van der Waals surface area contributed by atoms with Gasteiger partial charge in [0.2, 0.25) is 0 Å². The first-order valence-electron chi connectivity index (χ1n) is 11.0. The number of nitrogens with one attached hydrogen (secondary N) is 1. The van der Waals surface area contributed by atoms with Crippen LogP contribution in [0, 0.1) is 24.0 Å². The molecule has 0 spiro atoms. The lowest BCUT2D eigenvalue weighted by atomic mass is 10.1. The van der Waals surface area contributed by atoms with E-state index in [0.29, 0.717) is 11.3 Å². The normalized spacial score (nSPS) is 12.3. The van der Waals surface area contributed by atoms with E-state index >= 15 is 0 Å². The average Bonchev–Trinajstić information content (AvgIpc) is 3.09. The van der Waals surface area contributed by atoms with Crippen molar-refractivity contribution in [3.05, 3.63) is 98.6 Å². The Labute approximate surface area is 205 Å². The smallest absolute Gasteiger partial charge is 0.312 e. The van der Waals surface area contributed by atoms with Crippen LogP contribution in [0.25, 0.3) is 0 Å². The standard InChI is InChI=1S/C26H21N3O7/c1-15-6-7-16(2)20(14-15)27-24(31)17-8-10-18(11-9-17)36-22(30)12-13-28-25(32)19-4-3-5-21(29(34)35)23(19)26(28)33/h3-11,14H,12-13H2,1-2H3,(H,27,31). The molecule has 3 aromatic rings. The van der Waals surface area contributed by atoms with Gasteiger partial charge < -0.3 is 10.1 Å². The number of carbonyl (C=O) groups is 4. The van der Waals surface area contributed by atoms with Crippen LogP contribution in [0.2, 0.25) is 0 Å². The molecule has 0 unspecified atom stereocenters. The van der Waals surface area contributed by atoms with E-state index in [-0.39, 0.29) is 35.7 Å². The number of anilines is 1. The quantitative estimate of drug-likeness (QED) is 0.174. The number of aryl methyl sites for hydroxylation is 2. The second-order valence-corrected chi connectivity index (χ2v) is 8.24. The third kappa shape index (κ3) is 4.83. The first kappa shape index (κ1) is 24.3. The minimum absolute atomic E-state index is 0.0720. The van der Waals surface area contributed by atoms with Crippen molar-refractivity contribution in [3.63, 3.8) is 0 Å². The number of nitro groups is 1. The van der Waals surface area contributed by atoms with Crippen LogP contribution in [0.5, 0.6) is 5.75 Å². The summed E-state index contributed by atoms with van der Waals surface area (Å²) < 4.78 is 5.24. The predicted molar refractivity (Wildman–Crippen MR) is 129 cm³/mol. The number of carbonyl (C=O) groups excluding carboxylic acids is 4. The van der Waals surface area contributed by atoms with Gasteiger partial charge in [0.25, 0.3) is 23.4 Å². The second-order valence-electron chi connectivity index (χ2n) is 8.24. The number of fused-ring (bicyclic) bond motifs is 1. The van der Waals surface area contributed by atoms with Gasteiger partial charge in [-0.2, -0.15) is 0 Å². The largest absolute Gasteiger partial charge is 0.426 e. The molecule has 0 fully saturated rings. The lowest BCUT2D eigenvalue weighted by Crippen LogP contribution is -2.32. The van der Waals surface area contributed by atoms with E-state index in [1.165, 1.54) is 36.4 Å². The topological polar surface area (TPSA) is 136 Å². The Morgan fingerprint density at radius 3 is 2.42 bits per heavy atom. The van der Waals surface area contributed by atoms with Crippen LogP contribution >= 0.6 is 0 Å². The summed E-state index contributed by atoms with van der Waals surface area (Å²) in [6.45, 7) is 3.52. The lowest BCUT2D eigenvalue weighted by Gasteiger charge is -2.13. The summed E-state index contributed by atoms with van der Waals surface area (Å²) in [4.78, 5) is 61.2. The molecular formula is C26H21N3O7. The van der Waals surface area contributed by atoms with Gasteiger partial charge in [0.1, 0.15) is 11.3 Å². The first-order valence-corrected chi connectivity index (χ1v) is 11.0. The van der Waals surface area contributed by atoms with Crippen molar-refractivity contribution in [1.29, 1.82) is 0 Å². The molecule has 4 rings (SSSR count). The Bertz CT molecular complexity index is 1410. The number of imide groups is 1. The number of nitrogens with zero attached hydrogens (tertiary/aromatic N) is 2. The summed E-state index contributed by atoms with van der Waals surface area (Å²) >= 11 is 0. The van der Waals surface area contributed by atoms with Crippen molar-refractivity contribution >= 4 is 35.1 Å². The van der Waals surface area contributed by atoms with E-state index < -0.39 is 28.4 Å². The number of benzene rings is 3. The molecule has 0 aliphatic carbocycles. The molecule has 10 nitrogen and oxygen atoms in total. The molecule has 0 saturated carbocycles. The third-order valence-corrected chi connectivity index (χ3v) is 5.70. The van der Waals surface area contributed by atoms with E-state index in [0.717, 1.165) is 22.1 Å². The fraction of sp³-hybridized carbons (Fsp3) is 0.154. The van der Waals surface area contributed by atoms with Crippen molar-refractivity contribution in [3.8, 4) is 5.75 Å². The maximum atomic E-state index is 12.6. The number of amides is 3. The van der Waals surface area contributed by atoms with Gasteiger partial charge in [-0.1, -0.05) is 18.2 Å². The molecule has 0 bridgehead atoms. The molecule has 1 N–H and O–H groups in total. The van der Waals surface area contributed by atoms with E-state index in [1.807, 2.05) is 32.0 Å². The summed E-state index contributed by atoms with van der Waals surface area (Å²) in [5, 5.41) is 14.0. The summed E-state index contributed by atoms with van der Waals surface area (Å²) in [5.41, 5.74) is 2.19. The van der Waals surface area contributed by atoms with Gasteiger partial charge in [-0.3, -0.25) is 34.2 Å². The SMILES string of the molecule is Cc1ccc(C)c(NC(=O)c2ccc(OC(=O)CCN3C(=O)c4cccc([N+](=O)[O-])c4C3=O)cc2)c1. The highest BCUT2D eigenvalue weighted by molar-refractivity contribution is 6.23. The molecule has 1 aliphatic heterocycles. The zero-order valence-corrected chi connectivity index (χ0v) is 19.4. The second kappa shape index (κ2) is 9.79. The van der Waals surface area contributed by atoms with Gasteiger partial charge in [-0.25, -0.2) is 0 Å². The predicted octanol–water partition coefficient (Wildman–Crippen LogP) is 4.06. The van der Waals surface area contributed by atoms with Gasteiger partial charge in [-0.05, 0) is 61.4 Å². The van der Waals surface area contributed by atoms with E-state index in [1.54, 1.807) is 0 Å². The average molecular weight is 487 g/mol. The van der Waals surface area contributed by atoms with Crippen molar-refractivity contribution in [2.75, 3.05) is 11.9 Å². The van der Waals surface area contributed by atoms with E-state index in [2.05, 4.69) is 5.32 Å². The first-order chi connectivity index (χ1) is 17.2. The molecule has 1 heterocycles. The van der Waals surface area contributed by atoms with Crippen molar-refractivity contribution in [2.24, 2.45) is 0 Å². The molecule has 0 saturated heterocycles. The number of ether oxygens (including phenoxy) is 1. The Balaban J connectivity index is 1.35. The number of esters is 1. The van der Waals surface area contributed by atoms with Crippen LogP contribution in [0.15, 0.2) is 60.7 Å². The summed E-state index contributed by atoms with van der Waals surface area (Å²) in [6, 6.07) is 15.5. The molecule has 36 heavy (non-hydrogen) atoms. The Morgan fingerprint density at radius 1 is 1.00 bits per heavy atom. The van der Waals surface area contributed by atoms with E-state index in [9.17, 15) is 29.3 Å². The third-order valence-electron chi connectivity index (χ3n) is 5.70. The number of hydrogen-bond acceptors (Lipinski definition) is 7. The van der Waals surface area contributed by atoms with Gasteiger partial charge in [0.15, 0.2) is 0 Å². The summed E-state index contributed by atoms with van der Waals surface area (Å²) in [6.07, 6.45) is -0.311. The highest BCUT2D eigenvalue weighted by atomic mass is 16.6. The van der Waals surface area contributed by atoms with Crippen LogP contribution < -0.4 is 10.1 Å². The Morgan fingerprint density at radius 2 is 1.72 bits per heavy atom. The van der Waals surface area contributed by atoms with Crippen molar-refractivity contribution < 1.29 is 28.8 Å². The maximum Gasteiger partial charge on any atom is 0.312 e. The zero-order valence-electron chi connectivity index (χ0n) is 19.4. The highest BCUT2D eigenvalue weighted by Gasteiger charge is 2.40. The number of hydrogen-bond donors (Lipinski definition) is 1. The van der Waals surface area contributed by atoms with Gasteiger partial charge in [0.05, 0.1) is 16.9 Å². The van der Waals surface area contributed by atoms with Crippen LogP contribution in [-0.4, -0.2) is 40.1 Å². The maximum absolute atomic E-state index is 12.6. The van der Waals surface area contributed by atoms with Crippen LogP contribution in [0.4, 0.5) is 11.4 Å². The minimum Gasteiger partial charge on any atom is -0.426 e. The summed E-state index contributed by atoms with van der Waals surface area (Å²) in [5.74, 6) is -2.38. The summed E-state index contributed by atoms with van der Waals surface area (Å²) in [7, 11) is 0. The number of nitro benzene ring substituents is 1. The molecule has 182 valence electrons. The Kier molecular flexibility index (Phi) is 6.60. The Hall–Kier alpha value is -4.86.